The van der Waals surface area contributed by atoms with Crippen LogP contribution < -0.4 is 10.9 Å². The van der Waals surface area contributed by atoms with Gasteiger partial charge in [0.25, 0.3) is 5.56 Å². The number of amides is 1. The molecule has 11 heteroatoms. The van der Waals surface area contributed by atoms with Crippen LogP contribution in [0.4, 0.5) is 23.2 Å². The quantitative estimate of drug-likeness (QED) is 0.817. The number of hydrogen-bond donors (Lipinski definition) is 1. The van der Waals surface area contributed by atoms with E-state index in [4.69, 9.17) is 10.5 Å². The minimum absolute atomic E-state index is 0.0932. The predicted octanol–water partition coefficient (Wildman–Crippen LogP) is 2.03. The fraction of sp³-hybridized carbons (Fsp3) is 0.429. The van der Waals surface area contributed by atoms with Crippen LogP contribution in [0, 0.1) is 34.4 Å². The first-order chi connectivity index (χ1) is 11.6. The highest BCUT2D eigenvalue weighted by atomic mass is 32.2. The van der Waals surface area contributed by atoms with Gasteiger partial charge in [-0.3, -0.25) is 9.59 Å². The molecule has 2 heterocycles. The molecule has 2 rings (SSSR count). The van der Waals surface area contributed by atoms with Gasteiger partial charge in [0.05, 0.1) is 29.0 Å². The molecule has 6 nitrogen and oxygen atoms in total. The van der Waals surface area contributed by atoms with Crippen molar-refractivity contribution in [1.82, 2.24) is 4.57 Å². The molecule has 3 atom stereocenters. The van der Waals surface area contributed by atoms with E-state index < -0.39 is 46.4 Å². The number of carbonyl (C=O) groups is 1. The van der Waals surface area contributed by atoms with Gasteiger partial charge in [0.2, 0.25) is 5.91 Å². The molecular formula is C14H10F4N4O2S. The molecule has 0 spiro atoms. The largest absolute Gasteiger partial charge is 0.406 e. The molecule has 132 valence electrons. The summed E-state index contributed by atoms with van der Waals surface area (Å²) in [6.45, 7) is -1.70. The number of aromatic nitrogens is 1. The number of alkyl halides is 3. The van der Waals surface area contributed by atoms with Crippen molar-refractivity contribution in [2.75, 3.05) is 5.32 Å². The second kappa shape index (κ2) is 7.15. The average molecular weight is 374 g/mol. The monoisotopic (exact) mass is 374 g/mol. The van der Waals surface area contributed by atoms with E-state index in [1.54, 1.807) is 0 Å². The van der Waals surface area contributed by atoms with E-state index in [1.165, 1.54) is 0 Å². The van der Waals surface area contributed by atoms with Gasteiger partial charge in [-0.25, -0.2) is 4.39 Å². The summed E-state index contributed by atoms with van der Waals surface area (Å²) in [5.41, 5.74) is -1.78. The molecule has 1 aliphatic heterocycles. The van der Waals surface area contributed by atoms with Gasteiger partial charge in [0.15, 0.2) is 5.82 Å². The molecule has 0 bridgehead atoms. The fourth-order valence-corrected chi connectivity index (χ4v) is 3.57. The van der Waals surface area contributed by atoms with Gasteiger partial charge in [-0.15, -0.1) is 11.8 Å². The Morgan fingerprint density at radius 2 is 2.08 bits per heavy atom. The average Bonchev–Trinajstić information content (AvgIpc) is 2.94. The standard InChI is InChI=1S/C14H10F4N4O2S/c15-9-2-8(5-22(13(9)24)6-14(16,17)18)21-12(23)10-1-7(3-19)11(4-20)25-10/h2,5,7,10-11H,1,6H2,(H,21,23). The van der Waals surface area contributed by atoms with Crippen LogP contribution >= 0.6 is 11.8 Å². The van der Waals surface area contributed by atoms with E-state index in [0.29, 0.717) is 12.3 Å². The topological polar surface area (TPSA) is 98.7 Å². The van der Waals surface area contributed by atoms with Crippen LogP contribution in [-0.4, -0.2) is 27.2 Å². The minimum atomic E-state index is -4.74. The highest BCUT2D eigenvalue weighted by Gasteiger charge is 2.39. The van der Waals surface area contributed by atoms with E-state index in [0.717, 1.165) is 11.8 Å². The molecule has 0 saturated carbocycles. The predicted molar refractivity (Wildman–Crippen MR) is 79.8 cm³/mol. The van der Waals surface area contributed by atoms with E-state index in [1.807, 2.05) is 12.1 Å². The molecule has 1 saturated heterocycles. The third-order valence-electron chi connectivity index (χ3n) is 3.39. The molecule has 0 radical (unpaired) electrons. The fourth-order valence-electron chi connectivity index (χ4n) is 2.29. The molecule has 1 amide bonds. The summed E-state index contributed by atoms with van der Waals surface area (Å²) in [5, 5.41) is 18.6. The number of nitrogens with zero attached hydrogens (tertiary/aromatic N) is 3. The Kier molecular flexibility index (Phi) is 5.38. The van der Waals surface area contributed by atoms with Crippen molar-refractivity contribution in [3.63, 3.8) is 0 Å². The normalized spacial score (nSPS) is 22.9. The highest BCUT2D eigenvalue weighted by Crippen LogP contribution is 2.38. The lowest BCUT2D eigenvalue weighted by molar-refractivity contribution is -0.141. The van der Waals surface area contributed by atoms with Crippen molar-refractivity contribution < 1.29 is 22.4 Å². The van der Waals surface area contributed by atoms with Gasteiger partial charge < -0.3 is 9.88 Å². The van der Waals surface area contributed by atoms with Crippen LogP contribution in [0.5, 0.6) is 0 Å². The zero-order valence-corrected chi connectivity index (χ0v) is 13.2. The van der Waals surface area contributed by atoms with E-state index >= 15 is 0 Å². The van der Waals surface area contributed by atoms with Gasteiger partial charge in [-0.05, 0) is 6.42 Å². The minimum Gasteiger partial charge on any atom is -0.324 e. The number of pyridine rings is 1. The lowest BCUT2D eigenvalue weighted by Gasteiger charge is -2.13. The maximum Gasteiger partial charge on any atom is 0.406 e. The molecule has 25 heavy (non-hydrogen) atoms. The smallest absolute Gasteiger partial charge is 0.324 e. The Bertz CT molecular complexity index is 802. The zero-order valence-electron chi connectivity index (χ0n) is 12.4. The lowest BCUT2D eigenvalue weighted by atomic mass is 10.0. The van der Waals surface area contributed by atoms with Crippen LogP contribution in [0.1, 0.15) is 6.42 Å². The number of rotatable bonds is 3. The molecule has 0 aromatic carbocycles. The number of carbonyl (C=O) groups excluding carboxylic acids is 1. The Labute approximate surface area is 143 Å². The zero-order chi connectivity index (χ0) is 18.8. The molecule has 1 aromatic heterocycles. The summed E-state index contributed by atoms with van der Waals surface area (Å²) < 4.78 is 50.9. The van der Waals surface area contributed by atoms with Crippen molar-refractivity contribution in [3.8, 4) is 12.1 Å². The number of nitriles is 2. The van der Waals surface area contributed by atoms with Crippen molar-refractivity contribution in [1.29, 1.82) is 10.5 Å². The van der Waals surface area contributed by atoms with Gasteiger partial charge in [-0.1, -0.05) is 0 Å². The Hall–Kier alpha value is -2.53. The SMILES string of the molecule is N#CC1CC(C(=O)Nc2cc(F)c(=O)n(CC(F)(F)F)c2)SC1C#N. The van der Waals surface area contributed by atoms with Gasteiger partial charge in [0.1, 0.15) is 11.8 Å². The number of nitrogens with one attached hydrogen (secondary N) is 1. The number of halogens is 4. The maximum absolute atomic E-state index is 13.5. The van der Waals surface area contributed by atoms with Crippen molar-refractivity contribution in [2.45, 2.75) is 29.6 Å². The second-order valence-electron chi connectivity index (χ2n) is 5.26. The highest BCUT2D eigenvalue weighted by molar-refractivity contribution is 8.01. The summed E-state index contributed by atoms with van der Waals surface area (Å²) in [4.78, 5) is 23.6. The molecule has 3 unspecified atom stereocenters. The number of anilines is 1. The first-order valence-electron chi connectivity index (χ1n) is 6.87. The van der Waals surface area contributed by atoms with Crippen LogP contribution in [0.3, 0.4) is 0 Å². The first-order valence-corrected chi connectivity index (χ1v) is 7.81. The summed E-state index contributed by atoms with van der Waals surface area (Å²) in [7, 11) is 0. The summed E-state index contributed by atoms with van der Waals surface area (Å²) in [6, 6.07) is 4.43. The van der Waals surface area contributed by atoms with Crippen molar-refractivity contribution in [2.24, 2.45) is 5.92 Å². The van der Waals surface area contributed by atoms with Crippen LogP contribution in [0.2, 0.25) is 0 Å². The van der Waals surface area contributed by atoms with Crippen LogP contribution in [-0.2, 0) is 11.3 Å². The molecule has 1 N–H and O–H groups in total. The van der Waals surface area contributed by atoms with E-state index in [-0.39, 0.29) is 16.7 Å². The molecular weight excluding hydrogens is 364 g/mol. The molecule has 1 fully saturated rings. The van der Waals surface area contributed by atoms with Crippen LogP contribution in [0.15, 0.2) is 17.1 Å². The van der Waals surface area contributed by atoms with Crippen molar-refractivity contribution in [3.05, 3.63) is 28.4 Å². The summed E-state index contributed by atoms with van der Waals surface area (Å²) in [5.74, 6) is -2.77. The summed E-state index contributed by atoms with van der Waals surface area (Å²) in [6.07, 6.45) is -3.95. The Morgan fingerprint density at radius 1 is 1.40 bits per heavy atom. The lowest BCUT2D eigenvalue weighted by Crippen LogP contribution is -2.31. The Balaban J connectivity index is 2.18. The third-order valence-corrected chi connectivity index (χ3v) is 4.85. The van der Waals surface area contributed by atoms with Gasteiger partial charge in [0, 0.05) is 12.3 Å². The maximum atomic E-state index is 13.5. The van der Waals surface area contributed by atoms with E-state index in [9.17, 15) is 27.2 Å². The molecule has 1 aromatic rings. The summed E-state index contributed by atoms with van der Waals surface area (Å²) >= 11 is 0.954. The Morgan fingerprint density at radius 3 is 2.60 bits per heavy atom. The number of hydrogen-bond acceptors (Lipinski definition) is 5. The van der Waals surface area contributed by atoms with Crippen LogP contribution in [0.25, 0.3) is 0 Å². The molecule has 1 aliphatic rings. The second-order valence-corrected chi connectivity index (χ2v) is 6.61. The molecule has 0 aliphatic carbocycles. The van der Waals surface area contributed by atoms with Crippen molar-refractivity contribution >= 4 is 23.4 Å². The van der Waals surface area contributed by atoms with Gasteiger partial charge >= 0.3 is 6.18 Å². The van der Waals surface area contributed by atoms with E-state index in [2.05, 4.69) is 5.32 Å². The first kappa shape index (κ1) is 18.8. The third kappa shape index (κ3) is 4.51. The van der Waals surface area contributed by atoms with Gasteiger partial charge in [-0.2, -0.15) is 23.7 Å². The number of thioether (sulfide) groups is 1.